The van der Waals surface area contributed by atoms with E-state index in [1.54, 1.807) is 19.4 Å². The molecule has 0 atom stereocenters. The van der Waals surface area contributed by atoms with Crippen molar-refractivity contribution in [1.82, 2.24) is 15.8 Å². The normalized spacial score (nSPS) is 10.9. The molecule has 7 heteroatoms. The molecule has 0 saturated heterocycles. The summed E-state index contributed by atoms with van der Waals surface area (Å²) in [5.74, 6) is -0.286. The first kappa shape index (κ1) is 19.4. The van der Waals surface area contributed by atoms with E-state index in [1.807, 2.05) is 66.7 Å². The lowest BCUT2D eigenvalue weighted by molar-refractivity contribution is 0.0833. The van der Waals surface area contributed by atoms with Crippen molar-refractivity contribution >= 4 is 33.7 Å². The molecule has 7 nitrogen and oxygen atoms in total. The van der Waals surface area contributed by atoms with E-state index in [2.05, 4.69) is 15.8 Å². The first-order valence-electron chi connectivity index (χ1n) is 9.98. The number of aromatic nitrogens is 1. The maximum Gasteiger partial charge on any atom is 0.306 e. The minimum Gasteiger partial charge on any atom is -0.497 e. The van der Waals surface area contributed by atoms with E-state index >= 15 is 0 Å². The first-order valence-corrected chi connectivity index (χ1v) is 9.98. The highest BCUT2D eigenvalue weighted by atomic mass is 16.5. The van der Waals surface area contributed by atoms with E-state index in [9.17, 15) is 9.59 Å². The Labute approximate surface area is 183 Å². The van der Waals surface area contributed by atoms with Crippen LogP contribution in [0.4, 0.5) is 0 Å². The number of hydrazine groups is 1. The lowest BCUT2D eigenvalue weighted by atomic mass is 10.0. The number of methoxy groups -OCH3 is 1. The van der Waals surface area contributed by atoms with Crippen LogP contribution in [-0.4, -0.2) is 23.9 Å². The molecule has 0 saturated carbocycles. The van der Waals surface area contributed by atoms with Gasteiger partial charge in [0.2, 0.25) is 5.76 Å². The third-order valence-corrected chi connectivity index (χ3v) is 5.29. The van der Waals surface area contributed by atoms with E-state index in [1.165, 1.54) is 0 Å². The molecule has 32 heavy (non-hydrogen) atoms. The summed E-state index contributed by atoms with van der Waals surface area (Å²) in [6.07, 6.45) is 1.61. The minimum atomic E-state index is -0.563. The molecule has 0 aliphatic rings. The summed E-state index contributed by atoms with van der Waals surface area (Å²) >= 11 is 0. The number of para-hydroxylation sites is 1. The number of H-pyrrole nitrogens is 1. The number of fused-ring (bicyclic) bond motifs is 2. The van der Waals surface area contributed by atoms with Crippen molar-refractivity contribution in [2.24, 2.45) is 0 Å². The van der Waals surface area contributed by atoms with Crippen LogP contribution in [0.1, 0.15) is 20.9 Å². The van der Waals surface area contributed by atoms with Crippen LogP contribution < -0.4 is 15.6 Å². The maximum absolute atomic E-state index is 13.0. The average molecular weight is 425 g/mol. The molecule has 2 aromatic heterocycles. The van der Waals surface area contributed by atoms with Crippen molar-refractivity contribution in [2.75, 3.05) is 7.11 Å². The lowest BCUT2D eigenvalue weighted by Crippen LogP contribution is -2.41. The van der Waals surface area contributed by atoms with Gasteiger partial charge in [0.05, 0.1) is 12.7 Å². The van der Waals surface area contributed by atoms with E-state index in [-0.39, 0.29) is 5.76 Å². The molecule has 0 bridgehead atoms. The minimum absolute atomic E-state index is 0.0960. The zero-order valence-electron chi connectivity index (χ0n) is 17.1. The summed E-state index contributed by atoms with van der Waals surface area (Å²) in [5, 5.41) is 1.53. The van der Waals surface area contributed by atoms with Gasteiger partial charge in [0.25, 0.3) is 5.91 Å². The molecule has 0 unspecified atom stereocenters. The third kappa shape index (κ3) is 3.35. The number of benzene rings is 3. The van der Waals surface area contributed by atoms with E-state index in [0.29, 0.717) is 22.5 Å². The Bertz CT molecular complexity index is 1450. The van der Waals surface area contributed by atoms with E-state index in [0.717, 1.165) is 21.9 Å². The van der Waals surface area contributed by atoms with Crippen molar-refractivity contribution in [3.05, 3.63) is 90.3 Å². The fraction of sp³-hybridized carbons (Fsp3) is 0.0400. The number of hydrogen-bond acceptors (Lipinski definition) is 4. The second-order valence-electron chi connectivity index (χ2n) is 7.19. The Hall–Kier alpha value is -4.52. The van der Waals surface area contributed by atoms with Crippen LogP contribution >= 0.6 is 0 Å². The molecule has 158 valence electrons. The van der Waals surface area contributed by atoms with Crippen molar-refractivity contribution in [2.45, 2.75) is 0 Å². The van der Waals surface area contributed by atoms with Crippen molar-refractivity contribution < 1.29 is 18.7 Å². The smallest absolute Gasteiger partial charge is 0.306 e. The molecule has 2 amide bonds. The van der Waals surface area contributed by atoms with Crippen LogP contribution in [0.5, 0.6) is 5.75 Å². The van der Waals surface area contributed by atoms with Crippen molar-refractivity contribution in [3.8, 4) is 16.9 Å². The van der Waals surface area contributed by atoms with Gasteiger partial charge in [0.15, 0.2) is 0 Å². The first-order chi connectivity index (χ1) is 15.7. The van der Waals surface area contributed by atoms with Gasteiger partial charge in [-0.1, -0.05) is 48.5 Å². The van der Waals surface area contributed by atoms with Crippen LogP contribution in [0.2, 0.25) is 0 Å². The molecule has 3 aromatic carbocycles. The van der Waals surface area contributed by atoms with Crippen LogP contribution in [-0.2, 0) is 0 Å². The third-order valence-electron chi connectivity index (χ3n) is 5.29. The summed E-state index contributed by atoms with van der Waals surface area (Å²) in [6.45, 7) is 0. The van der Waals surface area contributed by atoms with Crippen molar-refractivity contribution in [1.29, 1.82) is 0 Å². The molecule has 0 radical (unpaired) electrons. The van der Waals surface area contributed by atoms with Gasteiger partial charge < -0.3 is 14.1 Å². The van der Waals surface area contributed by atoms with Gasteiger partial charge in [0, 0.05) is 34.1 Å². The molecular formula is C25H19N3O4. The molecule has 2 heterocycles. The van der Waals surface area contributed by atoms with Crippen molar-refractivity contribution in [3.63, 3.8) is 0 Å². The Balaban J connectivity index is 1.47. The van der Waals surface area contributed by atoms with Gasteiger partial charge in [-0.25, -0.2) is 0 Å². The van der Waals surface area contributed by atoms with E-state index < -0.39 is 11.8 Å². The largest absolute Gasteiger partial charge is 0.497 e. The topological polar surface area (TPSA) is 96.4 Å². The quantitative estimate of drug-likeness (QED) is 0.365. The summed E-state index contributed by atoms with van der Waals surface area (Å²) < 4.78 is 11.2. The SMILES string of the molecule is COc1ccc2c(-c3ccccc3)c(C(=O)NNC(=O)c3c[nH]c4ccccc34)oc2c1. The number of rotatable bonds is 4. The Morgan fingerprint density at radius 3 is 2.44 bits per heavy atom. The molecule has 5 rings (SSSR count). The highest BCUT2D eigenvalue weighted by Crippen LogP contribution is 2.36. The highest BCUT2D eigenvalue weighted by molar-refractivity contribution is 6.10. The molecular weight excluding hydrogens is 406 g/mol. The number of ether oxygens (including phenoxy) is 1. The summed E-state index contributed by atoms with van der Waals surface area (Å²) in [5.41, 5.74) is 8.19. The number of nitrogens with one attached hydrogen (secondary N) is 3. The molecule has 0 spiro atoms. The molecule has 0 aliphatic carbocycles. The predicted octanol–water partition coefficient (Wildman–Crippen LogP) is 4.66. The number of carbonyl (C=O) groups excluding carboxylic acids is 2. The maximum atomic E-state index is 13.0. The average Bonchev–Trinajstić information content (AvgIpc) is 3.44. The fourth-order valence-electron chi connectivity index (χ4n) is 3.75. The van der Waals surface area contributed by atoms with Gasteiger partial charge >= 0.3 is 5.91 Å². The molecule has 0 fully saturated rings. The summed E-state index contributed by atoms with van der Waals surface area (Å²) in [6, 6.07) is 22.3. The summed E-state index contributed by atoms with van der Waals surface area (Å²) in [7, 11) is 1.57. The Morgan fingerprint density at radius 1 is 0.875 bits per heavy atom. The van der Waals surface area contributed by atoms with Crippen LogP contribution in [0.25, 0.3) is 33.0 Å². The van der Waals surface area contributed by atoms with Gasteiger partial charge in [-0.3, -0.25) is 20.4 Å². The van der Waals surface area contributed by atoms with E-state index in [4.69, 9.17) is 9.15 Å². The zero-order valence-corrected chi connectivity index (χ0v) is 17.1. The van der Waals surface area contributed by atoms with Gasteiger partial charge in [-0.05, 0) is 23.8 Å². The van der Waals surface area contributed by atoms with Crippen LogP contribution in [0.3, 0.4) is 0 Å². The van der Waals surface area contributed by atoms with Crippen LogP contribution in [0.15, 0.2) is 83.4 Å². The lowest BCUT2D eigenvalue weighted by Gasteiger charge is -2.07. The number of carbonyl (C=O) groups is 2. The number of aromatic amines is 1. The number of furan rings is 1. The fourth-order valence-corrected chi connectivity index (χ4v) is 3.75. The Morgan fingerprint density at radius 2 is 1.62 bits per heavy atom. The van der Waals surface area contributed by atoms with Gasteiger partial charge in [-0.15, -0.1) is 0 Å². The Kier molecular flexibility index (Phi) is 4.84. The van der Waals surface area contributed by atoms with Gasteiger partial charge in [-0.2, -0.15) is 0 Å². The molecule has 0 aliphatic heterocycles. The van der Waals surface area contributed by atoms with Crippen LogP contribution in [0, 0.1) is 0 Å². The standard InChI is InChI=1S/C25H19N3O4/c1-31-16-11-12-18-21(13-16)32-23(22(18)15-7-3-2-4-8-15)25(30)28-27-24(29)19-14-26-20-10-6-5-9-17(19)20/h2-14,26H,1H3,(H,27,29)(H,28,30). The predicted molar refractivity (Wildman–Crippen MR) is 121 cm³/mol. The number of hydrogen-bond donors (Lipinski definition) is 3. The monoisotopic (exact) mass is 425 g/mol. The molecule has 5 aromatic rings. The highest BCUT2D eigenvalue weighted by Gasteiger charge is 2.23. The zero-order chi connectivity index (χ0) is 22.1. The number of amides is 2. The second kappa shape index (κ2) is 7.96. The van der Waals surface area contributed by atoms with Gasteiger partial charge in [0.1, 0.15) is 11.3 Å². The summed E-state index contributed by atoms with van der Waals surface area (Å²) in [4.78, 5) is 28.8. The second-order valence-corrected chi connectivity index (χ2v) is 7.19. The molecule has 3 N–H and O–H groups in total.